The first-order chi connectivity index (χ1) is 14.2. The third-order valence-corrected chi connectivity index (χ3v) is 4.66. The van der Waals surface area contributed by atoms with Crippen molar-refractivity contribution < 1.29 is 4.74 Å². The molecule has 1 heterocycles. The third kappa shape index (κ3) is 5.85. The van der Waals surface area contributed by atoms with E-state index >= 15 is 0 Å². The van der Waals surface area contributed by atoms with Gasteiger partial charge in [-0.3, -0.25) is 0 Å². The molecular formula is C23H29N5O. The largest absolute Gasteiger partial charge is 0.496 e. The average Bonchev–Trinajstić information content (AvgIpc) is 3.25. The minimum absolute atomic E-state index is 0.629. The summed E-state index contributed by atoms with van der Waals surface area (Å²) in [5.74, 6) is 1.77. The molecule has 1 N–H and O–H groups in total. The lowest BCUT2D eigenvalue weighted by molar-refractivity contribution is 0.396. The highest BCUT2D eigenvalue weighted by atomic mass is 16.5. The molecule has 0 saturated carbocycles. The summed E-state index contributed by atoms with van der Waals surface area (Å²) in [5.41, 5.74) is 3.56. The van der Waals surface area contributed by atoms with Crippen molar-refractivity contribution in [3.8, 4) is 5.75 Å². The molecule has 1 aromatic heterocycles. The molecule has 152 valence electrons. The summed E-state index contributed by atoms with van der Waals surface area (Å²) in [6.45, 7) is 5.08. The first-order valence-electron chi connectivity index (χ1n) is 9.84. The first kappa shape index (κ1) is 20.5. The number of nitrogens with one attached hydrogen (secondary N) is 1. The van der Waals surface area contributed by atoms with Crippen LogP contribution < -0.4 is 10.1 Å². The average molecular weight is 392 g/mol. The van der Waals surface area contributed by atoms with Crippen LogP contribution in [0.5, 0.6) is 5.75 Å². The van der Waals surface area contributed by atoms with Gasteiger partial charge >= 0.3 is 0 Å². The third-order valence-electron chi connectivity index (χ3n) is 4.66. The Labute approximate surface area is 172 Å². The number of aromatic nitrogens is 2. The summed E-state index contributed by atoms with van der Waals surface area (Å²) in [6, 6.07) is 16.7. The van der Waals surface area contributed by atoms with Crippen LogP contribution in [0.4, 0.5) is 0 Å². The maximum Gasteiger partial charge on any atom is 0.194 e. The molecule has 0 amide bonds. The smallest absolute Gasteiger partial charge is 0.194 e. The predicted molar refractivity (Wildman–Crippen MR) is 117 cm³/mol. The monoisotopic (exact) mass is 391 g/mol. The van der Waals surface area contributed by atoms with Gasteiger partial charge in [-0.05, 0) is 24.1 Å². The zero-order chi connectivity index (χ0) is 20.5. The normalized spacial score (nSPS) is 11.3. The number of imidazole rings is 1. The zero-order valence-corrected chi connectivity index (χ0v) is 17.4. The predicted octanol–water partition coefficient (Wildman–Crippen LogP) is 3.54. The van der Waals surface area contributed by atoms with Crippen LogP contribution in [0, 0.1) is 0 Å². The van der Waals surface area contributed by atoms with Crippen molar-refractivity contribution in [2.24, 2.45) is 4.99 Å². The van der Waals surface area contributed by atoms with Crippen molar-refractivity contribution >= 4 is 5.96 Å². The van der Waals surface area contributed by atoms with Gasteiger partial charge in [-0.25, -0.2) is 9.98 Å². The highest BCUT2D eigenvalue weighted by Gasteiger charge is 2.09. The van der Waals surface area contributed by atoms with Gasteiger partial charge in [0, 0.05) is 44.6 Å². The molecule has 0 unspecified atom stereocenters. The number of para-hydroxylation sites is 1. The van der Waals surface area contributed by atoms with E-state index in [1.165, 1.54) is 11.1 Å². The second-order valence-corrected chi connectivity index (χ2v) is 6.89. The maximum absolute atomic E-state index is 5.47. The van der Waals surface area contributed by atoms with E-state index in [-0.39, 0.29) is 0 Å². The molecule has 0 aliphatic heterocycles. The molecule has 0 aliphatic rings. The number of methoxy groups -OCH3 is 1. The van der Waals surface area contributed by atoms with Gasteiger partial charge in [-0.1, -0.05) is 42.5 Å². The highest BCUT2D eigenvalue weighted by Crippen LogP contribution is 2.18. The number of benzene rings is 2. The molecule has 0 fully saturated rings. The Morgan fingerprint density at radius 3 is 2.59 bits per heavy atom. The van der Waals surface area contributed by atoms with E-state index in [4.69, 9.17) is 9.73 Å². The van der Waals surface area contributed by atoms with Crippen LogP contribution in [0.25, 0.3) is 0 Å². The Morgan fingerprint density at radius 1 is 1.14 bits per heavy atom. The van der Waals surface area contributed by atoms with Crippen LogP contribution in [0.15, 0.2) is 72.2 Å². The standard InChI is InChI=1S/C23H29N5O/c1-4-25-23(27(2)17-21-7-5-6-8-22(21)29-3)26-15-19-9-11-20(12-10-19)16-28-14-13-24-18-28/h5-14,18H,4,15-17H2,1-3H3,(H,25,26). The molecule has 29 heavy (non-hydrogen) atoms. The van der Waals surface area contributed by atoms with Gasteiger partial charge in [0.25, 0.3) is 0 Å². The van der Waals surface area contributed by atoms with Crippen LogP contribution in [-0.4, -0.2) is 41.1 Å². The molecular weight excluding hydrogens is 362 g/mol. The van der Waals surface area contributed by atoms with E-state index < -0.39 is 0 Å². The van der Waals surface area contributed by atoms with E-state index in [1.807, 2.05) is 37.8 Å². The first-order valence-corrected chi connectivity index (χ1v) is 9.84. The Morgan fingerprint density at radius 2 is 1.90 bits per heavy atom. The van der Waals surface area contributed by atoms with Gasteiger partial charge in [-0.2, -0.15) is 0 Å². The Balaban J connectivity index is 1.65. The van der Waals surface area contributed by atoms with E-state index in [9.17, 15) is 0 Å². The van der Waals surface area contributed by atoms with E-state index in [2.05, 4.69) is 57.0 Å². The lowest BCUT2D eigenvalue weighted by atomic mass is 10.1. The molecule has 6 heteroatoms. The van der Waals surface area contributed by atoms with Crippen molar-refractivity contribution in [2.45, 2.75) is 26.6 Å². The van der Waals surface area contributed by atoms with Gasteiger partial charge in [0.1, 0.15) is 5.75 Å². The number of aliphatic imine (C=N–C) groups is 1. The number of hydrogen-bond acceptors (Lipinski definition) is 3. The number of guanidine groups is 1. The van der Waals surface area contributed by atoms with Gasteiger partial charge in [-0.15, -0.1) is 0 Å². The summed E-state index contributed by atoms with van der Waals surface area (Å²) in [5, 5.41) is 3.38. The van der Waals surface area contributed by atoms with E-state index in [1.54, 1.807) is 13.3 Å². The Bertz CT molecular complexity index is 903. The minimum atomic E-state index is 0.629. The minimum Gasteiger partial charge on any atom is -0.496 e. The van der Waals surface area contributed by atoms with Gasteiger partial charge in [0.2, 0.25) is 0 Å². The summed E-state index contributed by atoms with van der Waals surface area (Å²) in [6.07, 6.45) is 5.60. The van der Waals surface area contributed by atoms with Crippen LogP contribution in [0.2, 0.25) is 0 Å². The molecule has 6 nitrogen and oxygen atoms in total. The fraction of sp³-hybridized carbons (Fsp3) is 0.304. The van der Waals surface area contributed by atoms with Crippen molar-refractivity contribution in [2.75, 3.05) is 20.7 Å². The summed E-state index contributed by atoms with van der Waals surface area (Å²) in [4.78, 5) is 11.0. The summed E-state index contributed by atoms with van der Waals surface area (Å²) in [7, 11) is 3.75. The molecule has 3 aromatic rings. The molecule has 0 aliphatic carbocycles. The van der Waals surface area contributed by atoms with Gasteiger partial charge in [0.05, 0.1) is 20.0 Å². The van der Waals surface area contributed by atoms with Crippen molar-refractivity contribution in [3.05, 3.63) is 83.9 Å². The SMILES string of the molecule is CCNC(=NCc1ccc(Cn2ccnc2)cc1)N(C)Cc1ccccc1OC. The van der Waals surface area contributed by atoms with E-state index in [0.29, 0.717) is 6.54 Å². The topological polar surface area (TPSA) is 54.7 Å². The second kappa shape index (κ2) is 10.3. The van der Waals surface area contributed by atoms with Crippen molar-refractivity contribution in [3.63, 3.8) is 0 Å². The highest BCUT2D eigenvalue weighted by molar-refractivity contribution is 5.79. The van der Waals surface area contributed by atoms with Crippen LogP contribution in [0.1, 0.15) is 23.6 Å². The molecule has 0 spiro atoms. The van der Waals surface area contributed by atoms with Gasteiger partial charge < -0.3 is 19.5 Å². The maximum atomic E-state index is 5.47. The number of rotatable bonds is 8. The quantitative estimate of drug-likeness (QED) is 0.471. The second-order valence-electron chi connectivity index (χ2n) is 6.89. The lowest BCUT2D eigenvalue weighted by Gasteiger charge is -2.23. The molecule has 0 radical (unpaired) electrons. The Hall–Kier alpha value is -3.28. The summed E-state index contributed by atoms with van der Waals surface area (Å²) >= 11 is 0. The van der Waals surface area contributed by atoms with Gasteiger partial charge in [0.15, 0.2) is 5.96 Å². The van der Waals surface area contributed by atoms with Crippen LogP contribution >= 0.6 is 0 Å². The van der Waals surface area contributed by atoms with Crippen molar-refractivity contribution in [1.29, 1.82) is 0 Å². The lowest BCUT2D eigenvalue weighted by Crippen LogP contribution is -2.38. The number of nitrogens with zero attached hydrogens (tertiary/aromatic N) is 4. The molecule has 0 saturated heterocycles. The van der Waals surface area contributed by atoms with E-state index in [0.717, 1.165) is 36.9 Å². The molecule has 0 atom stereocenters. The fourth-order valence-electron chi connectivity index (χ4n) is 3.14. The number of hydrogen-bond donors (Lipinski definition) is 1. The number of ether oxygens (including phenoxy) is 1. The van der Waals surface area contributed by atoms with Crippen LogP contribution in [0.3, 0.4) is 0 Å². The molecule has 2 aromatic carbocycles. The summed E-state index contributed by atoms with van der Waals surface area (Å²) < 4.78 is 7.53. The fourth-order valence-corrected chi connectivity index (χ4v) is 3.14. The van der Waals surface area contributed by atoms with Crippen LogP contribution in [-0.2, 0) is 19.6 Å². The zero-order valence-electron chi connectivity index (χ0n) is 17.4. The molecule has 0 bridgehead atoms. The Kier molecular flexibility index (Phi) is 7.28. The van der Waals surface area contributed by atoms with Crippen molar-refractivity contribution in [1.82, 2.24) is 19.8 Å². The molecule has 3 rings (SSSR count).